The van der Waals surface area contributed by atoms with Crippen molar-refractivity contribution >= 4 is 44.7 Å². The molecule has 0 aliphatic rings. The molecular weight excluding hydrogens is 410 g/mol. The number of fused-ring (bicyclic) bond motifs is 2. The van der Waals surface area contributed by atoms with Gasteiger partial charge >= 0.3 is 0 Å². The van der Waals surface area contributed by atoms with Gasteiger partial charge in [0.25, 0.3) is 5.91 Å². The van der Waals surface area contributed by atoms with E-state index >= 15 is 0 Å². The first kappa shape index (κ1) is 20.4. The van der Waals surface area contributed by atoms with Crippen LogP contribution in [0.1, 0.15) is 17.3 Å². The molecule has 0 saturated heterocycles. The largest absolute Gasteiger partial charge is 0.326 e. The number of benzene rings is 4. The topological polar surface area (TPSA) is 71.1 Å². The minimum Gasteiger partial charge on any atom is -0.326 e. The third-order valence-electron chi connectivity index (χ3n) is 5.59. The molecule has 0 fully saturated rings. The Kier molecular flexibility index (Phi) is 5.29. The lowest BCUT2D eigenvalue weighted by Gasteiger charge is -2.20. The summed E-state index contributed by atoms with van der Waals surface area (Å²) in [5.41, 5.74) is 3.53. The van der Waals surface area contributed by atoms with Gasteiger partial charge in [0.05, 0.1) is 5.56 Å². The first-order valence-corrected chi connectivity index (χ1v) is 10.6. The number of pyridine rings is 1. The lowest BCUT2D eigenvalue weighted by atomic mass is 9.91. The van der Waals surface area contributed by atoms with Crippen LogP contribution in [0.2, 0.25) is 0 Å². The zero-order valence-corrected chi connectivity index (χ0v) is 18.0. The molecule has 0 saturated carbocycles. The van der Waals surface area contributed by atoms with Crippen LogP contribution in [0.25, 0.3) is 32.7 Å². The molecule has 33 heavy (non-hydrogen) atoms. The molecule has 5 nitrogen and oxygen atoms in total. The molecule has 0 bridgehead atoms. The number of carbonyl (C=O) groups is 2. The number of amides is 2. The number of anilines is 2. The van der Waals surface area contributed by atoms with Crippen LogP contribution in [0.3, 0.4) is 0 Å². The minimum atomic E-state index is -0.249. The van der Waals surface area contributed by atoms with Gasteiger partial charge in [-0.2, -0.15) is 0 Å². The van der Waals surface area contributed by atoms with Crippen LogP contribution >= 0.6 is 0 Å². The first-order chi connectivity index (χ1) is 16.1. The predicted octanol–water partition coefficient (Wildman–Crippen LogP) is 6.27. The molecule has 5 rings (SSSR count). The highest BCUT2D eigenvalue weighted by atomic mass is 16.2. The molecule has 0 aliphatic heterocycles. The van der Waals surface area contributed by atoms with Gasteiger partial charge in [0, 0.05) is 41.8 Å². The van der Waals surface area contributed by atoms with E-state index in [9.17, 15) is 9.59 Å². The quantitative estimate of drug-likeness (QED) is 0.352. The Morgan fingerprint density at radius 2 is 1.24 bits per heavy atom. The summed E-state index contributed by atoms with van der Waals surface area (Å²) in [5.74, 6) is -0.409. The molecule has 0 atom stereocenters. The van der Waals surface area contributed by atoms with E-state index in [1.54, 1.807) is 18.3 Å². The van der Waals surface area contributed by atoms with E-state index in [1.165, 1.54) is 13.1 Å². The average Bonchev–Trinajstić information content (AvgIpc) is 2.84. The maximum atomic E-state index is 13.0. The maximum Gasteiger partial charge on any atom is 0.257 e. The second kappa shape index (κ2) is 8.55. The number of nitrogens with one attached hydrogen (secondary N) is 2. The van der Waals surface area contributed by atoms with Gasteiger partial charge in [0.2, 0.25) is 5.91 Å². The zero-order chi connectivity index (χ0) is 22.8. The van der Waals surface area contributed by atoms with Crippen molar-refractivity contribution in [2.75, 3.05) is 10.6 Å². The van der Waals surface area contributed by atoms with Gasteiger partial charge < -0.3 is 10.6 Å². The highest BCUT2D eigenvalue weighted by molar-refractivity contribution is 6.17. The van der Waals surface area contributed by atoms with E-state index in [-0.39, 0.29) is 11.8 Å². The van der Waals surface area contributed by atoms with E-state index in [4.69, 9.17) is 0 Å². The van der Waals surface area contributed by atoms with E-state index in [2.05, 4.69) is 15.6 Å². The summed E-state index contributed by atoms with van der Waals surface area (Å²) in [7, 11) is 0. The van der Waals surface area contributed by atoms with Crippen LogP contribution in [-0.2, 0) is 4.79 Å². The van der Waals surface area contributed by atoms with Crippen LogP contribution < -0.4 is 10.6 Å². The molecule has 2 N–H and O–H groups in total. The maximum absolute atomic E-state index is 13.0. The molecule has 0 unspecified atom stereocenters. The molecule has 0 radical (unpaired) electrons. The number of nitrogens with zero attached hydrogens (tertiary/aromatic N) is 1. The van der Waals surface area contributed by atoms with Crippen LogP contribution in [0.5, 0.6) is 0 Å². The van der Waals surface area contributed by atoms with Gasteiger partial charge in [-0.1, -0.05) is 60.7 Å². The average molecular weight is 431 g/mol. The van der Waals surface area contributed by atoms with Gasteiger partial charge in [-0.05, 0) is 45.8 Å². The summed E-state index contributed by atoms with van der Waals surface area (Å²) in [6, 6.07) is 27.3. The summed E-state index contributed by atoms with van der Waals surface area (Å²) < 4.78 is 0. The monoisotopic (exact) mass is 431 g/mol. The number of rotatable bonds is 4. The van der Waals surface area contributed by atoms with Crippen molar-refractivity contribution in [1.29, 1.82) is 0 Å². The molecule has 2 amide bonds. The lowest BCUT2D eigenvalue weighted by Crippen LogP contribution is -2.13. The molecule has 0 aliphatic carbocycles. The molecule has 5 aromatic rings. The van der Waals surface area contributed by atoms with Crippen LogP contribution in [0, 0.1) is 0 Å². The van der Waals surface area contributed by atoms with Gasteiger partial charge in [0.1, 0.15) is 0 Å². The van der Waals surface area contributed by atoms with Crippen molar-refractivity contribution in [2.24, 2.45) is 0 Å². The van der Waals surface area contributed by atoms with E-state index in [1.807, 2.05) is 72.8 Å². The van der Waals surface area contributed by atoms with Gasteiger partial charge in [-0.3, -0.25) is 14.6 Å². The van der Waals surface area contributed by atoms with Gasteiger partial charge in [-0.25, -0.2) is 0 Å². The van der Waals surface area contributed by atoms with Crippen molar-refractivity contribution < 1.29 is 9.59 Å². The summed E-state index contributed by atoms with van der Waals surface area (Å²) in [4.78, 5) is 29.2. The second-order valence-electron chi connectivity index (χ2n) is 7.80. The first-order valence-electron chi connectivity index (χ1n) is 10.6. The summed E-state index contributed by atoms with van der Waals surface area (Å²) in [5, 5.41) is 10.1. The Hall–Kier alpha value is -4.51. The van der Waals surface area contributed by atoms with Gasteiger partial charge in [0.15, 0.2) is 0 Å². The Morgan fingerprint density at radius 1 is 0.667 bits per heavy atom. The van der Waals surface area contributed by atoms with Crippen LogP contribution in [0.15, 0.2) is 97.3 Å². The summed E-state index contributed by atoms with van der Waals surface area (Å²) in [6.45, 7) is 1.49. The Balaban J connectivity index is 1.80. The predicted molar refractivity (Wildman–Crippen MR) is 133 cm³/mol. The second-order valence-corrected chi connectivity index (χ2v) is 7.80. The van der Waals surface area contributed by atoms with E-state index in [0.29, 0.717) is 16.9 Å². The minimum absolute atomic E-state index is 0.160. The highest BCUT2D eigenvalue weighted by Crippen LogP contribution is 2.43. The molecule has 0 spiro atoms. The molecule has 4 aromatic carbocycles. The van der Waals surface area contributed by atoms with Crippen molar-refractivity contribution in [1.82, 2.24) is 4.98 Å². The zero-order valence-electron chi connectivity index (χ0n) is 18.0. The molecule has 1 heterocycles. The Morgan fingerprint density at radius 3 is 1.79 bits per heavy atom. The van der Waals surface area contributed by atoms with Crippen molar-refractivity contribution in [2.45, 2.75) is 6.92 Å². The third-order valence-corrected chi connectivity index (χ3v) is 5.59. The number of aromatic nitrogens is 1. The normalized spacial score (nSPS) is 10.8. The highest BCUT2D eigenvalue weighted by Gasteiger charge is 2.19. The smallest absolute Gasteiger partial charge is 0.257 e. The van der Waals surface area contributed by atoms with E-state index in [0.717, 1.165) is 32.7 Å². The van der Waals surface area contributed by atoms with Crippen LogP contribution in [0.4, 0.5) is 11.4 Å². The summed E-state index contributed by atoms with van der Waals surface area (Å²) in [6.07, 6.45) is 3.17. The molecule has 160 valence electrons. The SMILES string of the molecule is CC(=O)Nc1ccc2ccccc2c1-c1c(NC(=O)c2cccnc2)ccc2ccccc12. The Labute approximate surface area is 191 Å². The fourth-order valence-electron chi connectivity index (χ4n) is 4.17. The molecular formula is C28H21N3O2. The number of hydrogen-bond donors (Lipinski definition) is 2. The lowest BCUT2D eigenvalue weighted by molar-refractivity contribution is -0.114. The van der Waals surface area contributed by atoms with Crippen molar-refractivity contribution in [3.8, 4) is 11.1 Å². The van der Waals surface area contributed by atoms with Gasteiger partial charge in [-0.15, -0.1) is 0 Å². The molecule has 1 aromatic heterocycles. The molecule has 5 heteroatoms. The standard InChI is InChI=1S/C28H21N3O2/c1-18(32)30-24-14-12-19-7-2-4-10-22(19)26(24)27-23-11-5-3-8-20(23)13-15-25(27)31-28(33)21-9-6-16-29-17-21/h2-17H,1H3,(H,30,32)(H,31,33). The number of hydrogen-bond acceptors (Lipinski definition) is 3. The Bertz CT molecular complexity index is 1510. The summed E-state index contributed by atoms with van der Waals surface area (Å²) >= 11 is 0. The van der Waals surface area contributed by atoms with E-state index < -0.39 is 0 Å². The van der Waals surface area contributed by atoms with Crippen LogP contribution in [-0.4, -0.2) is 16.8 Å². The fourth-order valence-corrected chi connectivity index (χ4v) is 4.17. The number of carbonyl (C=O) groups excluding carboxylic acids is 2. The third kappa shape index (κ3) is 3.92. The fraction of sp³-hybridized carbons (Fsp3) is 0.0357. The van der Waals surface area contributed by atoms with Crippen molar-refractivity contribution in [3.05, 3.63) is 103 Å². The van der Waals surface area contributed by atoms with Crippen molar-refractivity contribution in [3.63, 3.8) is 0 Å².